The molecule has 0 radical (unpaired) electrons. The average Bonchev–Trinajstić information content (AvgIpc) is 2.15. The molecular formula is C12H21Cl. The van der Waals surface area contributed by atoms with E-state index in [1.807, 2.05) is 0 Å². The molecule has 0 heterocycles. The van der Waals surface area contributed by atoms with Gasteiger partial charge < -0.3 is 0 Å². The highest BCUT2D eigenvalue weighted by molar-refractivity contribution is 6.19. The van der Waals surface area contributed by atoms with E-state index in [-0.39, 0.29) is 0 Å². The number of halogens is 1. The molecule has 1 aliphatic rings. The lowest BCUT2D eigenvalue weighted by Crippen LogP contribution is -2.06. The fourth-order valence-corrected chi connectivity index (χ4v) is 2.39. The molecule has 1 heteroatoms. The summed E-state index contributed by atoms with van der Waals surface area (Å²) in [6.45, 7) is 4.47. The van der Waals surface area contributed by atoms with E-state index in [0.717, 1.165) is 5.92 Å². The second kappa shape index (κ2) is 5.70. The first kappa shape index (κ1) is 11.1. The molecule has 76 valence electrons. The van der Waals surface area contributed by atoms with Crippen molar-refractivity contribution in [3.8, 4) is 0 Å². The molecule has 1 rings (SSSR count). The van der Waals surface area contributed by atoms with E-state index in [0.29, 0.717) is 11.8 Å². The van der Waals surface area contributed by atoms with Gasteiger partial charge in [-0.1, -0.05) is 44.8 Å². The van der Waals surface area contributed by atoms with E-state index >= 15 is 0 Å². The molecule has 0 atom stereocenters. The van der Waals surface area contributed by atoms with Crippen LogP contribution in [-0.2, 0) is 0 Å². The summed E-state index contributed by atoms with van der Waals surface area (Å²) in [6.07, 6.45) is 9.46. The van der Waals surface area contributed by atoms with Crippen molar-refractivity contribution in [2.45, 2.75) is 46.0 Å². The van der Waals surface area contributed by atoms with E-state index in [1.165, 1.54) is 37.7 Å². The van der Waals surface area contributed by atoms with Crippen LogP contribution in [-0.4, -0.2) is 5.88 Å². The Morgan fingerprint density at radius 3 is 2.38 bits per heavy atom. The predicted octanol–water partition coefficient (Wildman–Crippen LogP) is 4.39. The normalized spacial score (nSPS) is 21.1. The van der Waals surface area contributed by atoms with Crippen molar-refractivity contribution in [2.75, 3.05) is 5.88 Å². The molecule has 0 aromatic heterocycles. The molecule has 0 spiro atoms. The van der Waals surface area contributed by atoms with E-state index in [1.54, 1.807) is 0 Å². The maximum atomic E-state index is 5.91. The molecule has 1 aliphatic carbocycles. The van der Waals surface area contributed by atoms with Crippen LogP contribution in [0.25, 0.3) is 0 Å². The van der Waals surface area contributed by atoms with E-state index < -0.39 is 0 Å². The lowest BCUT2D eigenvalue weighted by molar-refractivity contribution is 0.416. The smallest absolute Gasteiger partial charge is 0.0436 e. The zero-order valence-corrected chi connectivity index (χ0v) is 9.61. The Morgan fingerprint density at radius 1 is 1.31 bits per heavy atom. The minimum absolute atomic E-state index is 0.624. The molecule has 0 amide bonds. The van der Waals surface area contributed by atoms with Gasteiger partial charge in [0.25, 0.3) is 0 Å². The Morgan fingerprint density at radius 2 is 1.92 bits per heavy atom. The van der Waals surface area contributed by atoms with Crippen molar-refractivity contribution in [1.82, 2.24) is 0 Å². The van der Waals surface area contributed by atoms with Crippen molar-refractivity contribution >= 4 is 11.6 Å². The minimum Gasteiger partial charge on any atom is -0.122 e. The van der Waals surface area contributed by atoms with Crippen LogP contribution in [0.15, 0.2) is 11.6 Å². The van der Waals surface area contributed by atoms with Gasteiger partial charge in [-0.3, -0.25) is 0 Å². The highest BCUT2D eigenvalue weighted by Crippen LogP contribution is 2.27. The summed E-state index contributed by atoms with van der Waals surface area (Å²) in [7, 11) is 0. The average molecular weight is 201 g/mol. The van der Waals surface area contributed by atoms with Crippen LogP contribution < -0.4 is 0 Å². The van der Waals surface area contributed by atoms with Crippen LogP contribution in [0.3, 0.4) is 0 Å². The van der Waals surface area contributed by atoms with Gasteiger partial charge in [-0.2, -0.15) is 0 Å². The van der Waals surface area contributed by atoms with Crippen LogP contribution in [0.2, 0.25) is 0 Å². The first-order chi connectivity index (χ1) is 6.24. The number of alkyl halides is 1. The molecule has 0 unspecified atom stereocenters. The van der Waals surface area contributed by atoms with Crippen molar-refractivity contribution in [2.24, 2.45) is 11.8 Å². The molecular weight excluding hydrogens is 180 g/mol. The largest absolute Gasteiger partial charge is 0.122 e. The van der Waals surface area contributed by atoms with Gasteiger partial charge >= 0.3 is 0 Å². The third-order valence-corrected chi connectivity index (χ3v) is 3.30. The summed E-state index contributed by atoms with van der Waals surface area (Å²) in [6, 6.07) is 0. The van der Waals surface area contributed by atoms with Gasteiger partial charge in [0.15, 0.2) is 0 Å². The van der Waals surface area contributed by atoms with E-state index in [9.17, 15) is 0 Å². The second-order valence-electron chi connectivity index (χ2n) is 4.43. The van der Waals surface area contributed by atoms with E-state index in [2.05, 4.69) is 19.9 Å². The van der Waals surface area contributed by atoms with Gasteiger partial charge in [-0.25, -0.2) is 0 Å². The predicted molar refractivity (Wildman–Crippen MR) is 60.2 cm³/mol. The number of hydrogen-bond donors (Lipinski definition) is 0. The summed E-state index contributed by atoms with van der Waals surface area (Å²) in [5.41, 5.74) is 1.44. The van der Waals surface area contributed by atoms with Gasteiger partial charge in [-0.05, 0) is 24.7 Å². The Kier molecular flexibility index (Phi) is 4.87. The van der Waals surface area contributed by atoms with Crippen molar-refractivity contribution in [1.29, 1.82) is 0 Å². The fourth-order valence-electron chi connectivity index (χ4n) is 1.99. The Labute approximate surface area is 87.4 Å². The zero-order valence-electron chi connectivity index (χ0n) is 8.85. The van der Waals surface area contributed by atoms with Crippen LogP contribution in [0, 0.1) is 11.8 Å². The standard InChI is InChI=1S/C12H21Cl/c1-10(2)12(9-13)8-11-6-4-3-5-7-11/h8,10-11H,3-7,9H2,1-2H3. The Balaban J connectivity index is 2.49. The molecule has 0 aromatic carbocycles. The quantitative estimate of drug-likeness (QED) is 0.468. The molecule has 0 bridgehead atoms. The summed E-state index contributed by atoms with van der Waals surface area (Å²) < 4.78 is 0. The second-order valence-corrected chi connectivity index (χ2v) is 4.70. The summed E-state index contributed by atoms with van der Waals surface area (Å²) in [5, 5.41) is 0. The van der Waals surface area contributed by atoms with Gasteiger partial charge in [0.2, 0.25) is 0 Å². The molecule has 13 heavy (non-hydrogen) atoms. The van der Waals surface area contributed by atoms with Crippen molar-refractivity contribution < 1.29 is 0 Å². The third kappa shape index (κ3) is 3.72. The minimum atomic E-state index is 0.624. The van der Waals surface area contributed by atoms with E-state index in [4.69, 9.17) is 11.6 Å². The number of rotatable bonds is 3. The highest BCUT2D eigenvalue weighted by atomic mass is 35.5. The lowest BCUT2D eigenvalue weighted by atomic mass is 9.86. The zero-order chi connectivity index (χ0) is 9.68. The monoisotopic (exact) mass is 200 g/mol. The van der Waals surface area contributed by atoms with Crippen molar-refractivity contribution in [3.63, 3.8) is 0 Å². The molecule has 0 N–H and O–H groups in total. The van der Waals surface area contributed by atoms with Gasteiger partial charge in [0.05, 0.1) is 0 Å². The summed E-state index contributed by atoms with van der Waals surface area (Å²) in [5.74, 6) is 2.16. The number of allylic oxidation sites excluding steroid dienone is 2. The van der Waals surface area contributed by atoms with Crippen LogP contribution in [0.5, 0.6) is 0 Å². The summed E-state index contributed by atoms with van der Waals surface area (Å²) >= 11 is 5.91. The fraction of sp³-hybridized carbons (Fsp3) is 0.833. The first-order valence-corrected chi connectivity index (χ1v) is 6.04. The first-order valence-electron chi connectivity index (χ1n) is 5.50. The van der Waals surface area contributed by atoms with Crippen LogP contribution in [0.1, 0.15) is 46.0 Å². The molecule has 0 aliphatic heterocycles. The molecule has 0 nitrogen and oxygen atoms in total. The van der Waals surface area contributed by atoms with Gasteiger partial charge in [0.1, 0.15) is 0 Å². The maximum absolute atomic E-state index is 5.91. The highest BCUT2D eigenvalue weighted by Gasteiger charge is 2.12. The molecule has 0 saturated heterocycles. The van der Waals surface area contributed by atoms with Gasteiger partial charge in [0, 0.05) is 5.88 Å². The van der Waals surface area contributed by atoms with Gasteiger partial charge in [-0.15, -0.1) is 11.6 Å². The summed E-state index contributed by atoms with van der Waals surface area (Å²) in [4.78, 5) is 0. The van der Waals surface area contributed by atoms with Crippen molar-refractivity contribution in [3.05, 3.63) is 11.6 Å². The SMILES string of the molecule is CC(C)C(=CC1CCCCC1)CCl. The number of hydrogen-bond acceptors (Lipinski definition) is 0. The molecule has 1 fully saturated rings. The van der Waals surface area contributed by atoms with Crippen LogP contribution >= 0.6 is 11.6 Å². The van der Waals surface area contributed by atoms with Crippen LogP contribution in [0.4, 0.5) is 0 Å². The Hall–Kier alpha value is 0.0300. The maximum Gasteiger partial charge on any atom is 0.0436 e. The molecule has 0 aromatic rings. The molecule has 1 saturated carbocycles. The Bertz CT molecular complexity index is 164. The third-order valence-electron chi connectivity index (χ3n) is 3.00. The lowest BCUT2D eigenvalue weighted by Gasteiger charge is -2.20. The topological polar surface area (TPSA) is 0 Å².